The lowest BCUT2D eigenvalue weighted by molar-refractivity contribution is 0.224. The number of nitrogens with zero attached hydrogens (tertiary/aromatic N) is 2. The third-order valence-electron chi connectivity index (χ3n) is 2.87. The summed E-state index contributed by atoms with van der Waals surface area (Å²) in [6.07, 6.45) is 5.71. The first-order chi connectivity index (χ1) is 6.81. The predicted molar refractivity (Wildman–Crippen MR) is 58.7 cm³/mol. The molecule has 76 valence electrons. The number of allylic oxidation sites excluding steroid dienone is 2. The summed E-state index contributed by atoms with van der Waals surface area (Å²) in [6.45, 7) is 9.23. The van der Waals surface area contributed by atoms with Gasteiger partial charge in [-0.25, -0.2) is 0 Å². The van der Waals surface area contributed by atoms with E-state index in [-0.39, 0.29) is 0 Å². The molecule has 1 aliphatic rings. The molecule has 2 nitrogen and oxygen atoms in total. The summed E-state index contributed by atoms with van der Waals surface area (Å²) in [7, 11) is 0. The normalized spacial score (nSPS) is 26.0. The Hall–Kier alpha value is -1.07. The van der Waals surface area contributed by atoms with Crippen LogP contribution in [0.1, 0.15) is 19.8 Å². The molecular weight excluding hydrogens is 172 g/mol. The van der Waals surface area contributed by atoms with Gasteiger partial charge in [0.2, 0.25) is 0 Å². The van der Waals surface area contributed by atoms with E-state index in [0.29, 0.717) is 5.92 Å². The summed E-state index contributed by atoms with van der Waals surface area (Å²) >= 11 is 0. The molecule has 1 fully saturated rings. The Morgan fingerprint density at radius 2 is 2.50 bits per heavy atom. The van der Waals surface area contributed by atoms with Crippen LogP contribution in [0.25, 0.3) is 0 Å². The Bertz CT molecular complexity index is 260. The molecule has 0 aliphatic carbocycles. The lowest BCUT2D eigenvalue weighted by Crippen LogP contribution is -2.36. The molecule has 1 rings (SSSR count). The smallest absolute Gasteiger partial charge is 0.0911 e. The number of hydrogen-bond donors (Lipinski definition) is 0. The zero-order valence-corrected chi connectivity index (χ0v) is 8.87. The molecule has 1 unspecified atom stereocenters. The highest BCUT2D eigenvalue weighted by Crippen LogP contribution is 2.25. The van der Waals surface area contributed by atoms with Crippen molar-refractivity contribution in [1.29, 1.82) is 5.26 Å². The SMILES string of the molecule is C=CCC1CN(CC)CC/C1=C\C#N. The molecule has 0 aromatic heterocycles. The number of nitriles is 1. The summed E-state index contributed by atoms with van der Waals surface area (Å²) in [5.74, 6) is 0.515. The number of piperidine rings is 1. The van der Waals surface area contributed by atoms with E-state index in [1.54, 1.807) is 6.08 Å². The predicted octanol–water partition coefficient (Wildman–Crippen LogP) is 2.35. The third kappa shape index (κ3) is 2.71. The van der Waals surface area contributed by atoms with Crippen LogP contribution in [0.3, 0.4) is 0 Å². The van der Waals surface area contributed by atoms with Crippen LogP contribution < -0.4 is 0 Å². The molecule has 1 aliphatic heterocycles. The molecule has 1 atom stereocenters. The molecule has 2 heteroatoms. The van der Waals surface area contributed by atoms with E-state index in [1.807, 2.05) is 6.08 Å². The molecule has 0 saturated carbocycles. The molecule has 1 heterocycles. The monoisotopic (exact) mass is 190 g/mol. The van der Waals surface area contributed by atoms with Gasteiger partial charge in [-0.1, -0.05) is 18.6 Å². The molecule has 1 saturated heterocycles. The first-order valence-corrected chi connectivity index (χ1v) is 5.23. The van der Waals surface area contributed by atoms with Gasteiger partial charge in [0, 0.05) is 19.2 Å². The van der Waals surface area contributed by atoms with Crippen molar-refractivity contribution in [3.05, 3.63) is 24.3 Å². The Labute approximate surface area is 86.5 Å². The van der Waals surface area contributed by atoms with Gasteiger partial charge in [0.1, 0.15) is 0 Å². The van der Waals surface area contributed by atoms with Gasteiger partial charge in [-0.2, -0.15) is 5.26 Å². The lowest BCUT2D eigenvalue weighted by atomic mass is 9.89. The van der Waals surface area contributed by atoms with E-state index in [1.165, 1.54) is 5.57 Å². The Morgan fingerprint density at radius 3 is 3.07 bits per heavy atom. The van der Waals surface area contributed by atoms with Crippen molar-refractivity contribution in [2.24, 2.45) is 5.92 Å². The second kappa shape index (κ2) is 5.62. The van der Waals surface area contributed by atoms with Crippen LogP contribution in [0, 0.1) is 17.2 Å². The van der Waals surface area contributed by atoms with E-state index >= 15 is 0 Å². The van der Waals surface area contributed by atoms with Crippen LogP contribution >= 0.6 is 0 Å². The van der Waals surface area contributed by atoms with Gasteiger partial charge in [-0.3, -0.25) is 0 Å². The van der Waals surface area contributed by atoms with E-state index in [4.69, 9.17) is 5.26 Å². The van der Waals surface area contributed by atoms with Gasteiger partial charge in [0.15, 0.2) is 0 Å². The van der Waals surface area contributed by atoms with Crippen molar-refractivity contribution in [3.63, 3.8) is 0 Å². The summed E-state index contributed by atoms with van der Waals surface area (Å²) in [6, 6.07) is 2.14. The van der Waals surface area contributed by atoms with Crippen molar-refractivity contribution in [2.75, 3.05) is 19.6 Å². The molecule has 0 spiro atoms. The van der Waals surface area contributed by atoms with Gasteiger partial charge in [-0.15, -0.1) is 6.58 Å². The number of rotatable bonds is 3. The minimum atomic E-state index is 0.515. The van der Waals surface area contributed by atoms with E-state index in [0.717, 1.165) is 32.5 Å². The third-order valence-corrected chi connectivity index (χ3v) is 2.87. The highest BCUT2D eigenvalue weighted by Gasteiger charge is 2.21. The summed E-state index contributed by atoms with van der Waals surface area (Å²) in [4.78, 5) is 2.43. The van der Waals surface area contributed by atoms with Crippen molar-refractivity contribution in [1.82, 2.24) is 4.90 Å². The van der Waals surface area contributed by atoms with Crippen LogP contribution in [-0.4, -0.2) is 24.5 Å². The Balaban J connectivity index is 2.66. The fourth-order valence-corrected chi connectivity index (χ4v) is 2.00. The average molecular weight is 190 g/mol. The number of likely N-dealkylation sites (tertiary alicyclic amines) is 1. The Morgan fingerprint density at radius 1 is 1.71 bits per heavy atom. The van der Waals surface area contributed by atoms with Crippen molar-refractivity contribution in [3.8, 4) is 6.07 Å². The van der Waals surface area contributed by atoms with E-state index in [9.17, 15) is 0 Å². The summed E-state index contributed by atoms with van der Waals surface area (Å²) < 4.78 is 0. The summed E-state index contributed by atoms with van der Waals surface area (Å²) in [5.41, 5.74) is 1.30. The molecule has 0 amide bonds. The minimum Gasteiger partial charge on any atom is -0.303 e. The van der Waals surface area contributed by atoms with Gasteiger partial charge in [-0.05, 0) is 25.3 Å². The zero-order valence-electron chi connectivity index (χ0n) is 8.87. The van der Waals surface area contributed by atoms with Crippen LogP contribution in [0.2, 0.25) is 0 Å². The van der Waals surface area contributed by atoms with Gasteiger partial charge >= 0.3 is 0 Å². The molecule has 14 heavy (non-hydrogen) atoms. The van der Waals surface area contributed by atoms with Gasteiger partial charge in [0.25, 0.3) is 0 Å². The molecule has 0 radical (unpaired) electrons. The van der Waals surface area contributed by atoms with Crippen LogP contribution in [-0.2, 0) is 0 Å². The maximum atomic E-state index is 8.66. The maximum Gasteiger partial charge on any atom is 0.0911 e. The highest BCUT2D eigenvalue weighted by atomic mass is 15.1. The van der Waals surface area contributed by atoms with Crippen LogP contribution in [0.15, 0.2) is 24.3 Å². The van der Waals surface area contributed by atoms with Gasteiger partial charge in [0.05, 0.1) is 6.07 Å². The highest BCUT2D eigenvalue weighted by molar-refractivity contribution is 5.19. The first kappa shape index (κ1) is 11.0. The standard InChI is InChI=1S/C12H18N2/c1-3-5-12-10-14(4-2)9-7-11(12)6-8-13/h3,6,12H,1,4-5,7,9-10H2,2H3/b11-6+. The number of hydrogen-bond acceptors (Lipinski definition) is 2. The fraction of sp³-hybridized carbons (Fsp3) is 0.583. The molecule has 0 bridgehead atoms. The average Bonchev–Trinajstić information content (AvgIpc) is 2.21. The molecule has 0 aromatic carbocycles. The van der Waals surface area contributed by atoms with E-state index in [2.05, 4.69) is 24.5 Å². The maximum absolute atomic E-state index is 8.66. The second-order valence-electron chi connectivity index (χ2n) is 3.71. The Kier molecular flexibility index (Phi) is 4.42. The lowest BCUT2D eigenvalue weighted by Gasteiger charge is -2.33. The molecule has 0 N–H and O–H groups in total. The molecule has 0 aromatic rings. The van der Waals surface area contributed by atoms with Crippen LogP contribution in [0.5, 0.6) is 0 Å². The van der Waals surface area contributed by atoms with Crippen LogP contribution in [0.4, 0.5) is 0 Å². The van der Waals surface area contributed by atoms with Crippen molar-refractivity contribution in [2.45, 2.75) is 19.8 Å². The quantitative estimate of drug-likeness (QED) is 0.504. The molecular formula is C12H18N2. The van der Waals surface area contributed by atoms with Crippen molar-refractivity contribution >= 4 is 0 Å². The first-order valence-electron chi connectivity index (χ1n) is 5.23. The topological polar surface area (TPSA) is 27.0 Å². The van der Waals surface area contributed by atoms with Crippen molar-refractivity contribution < 1.29 is 0 Å². The second-order valence-corrected chi connectivity index (χ2v) is 3.71. The van der Waals surface area contributed by atoms with Gasteiger partial charge < -0.3 is 4.90 Å². The largest absolute Gasteiger partial charge is 0.303 e. The zero-order chi connectivity index (χ0) is 10.4. The van der Waals surface area contributed by atoms with E-state index < -0.39 is 0 Å². The minimum absolute atomic E-state index is 0.515. The fourth-order valence-electron chi connectivity index (χ4n) is 2.00. The summed E-state index contributed by atoms with van der Waals surface area (Å²) in [5, 5.41) is 8.66.